The average Bonchev–Trinajstić information content (AvgIpc) is 2.31. The Kier molecular flexibility index (Phi) is 6.60. The SMILES string of the molecule is CCCNCC(C)COc1cc(Br)ccc1C. The molecule has 1 rings (SSSR count). The van der Waals surface area contributed by atoms with E-state index >= 15 is 0 Å². The van der Waals surface area contributed by atoms with E-state index in [0.717, 1.165) is 29.9 Å². The molecular weight excluding hydrogens is 278 g/mol. The third-order valence-corrected chi connectivity index (χ3v) is 3.09. The van der Waals surface area contributed by atoms with Gasteiger partial charge < -0.3 is 10.1 Å². The highest BCUT2D eigenvalue weighted by atomic mass is 79.9. The van der Waals surface area contributed by atoms with E-state index in [-0.39, 0.29) is 0 Å². The summed E-state index contributed by atoms with van der Waals surface area (Å²) < 4.78 is 6.90. The van der Waals surface area contributed by atoms with Gasteiger partial charge in [-0.25, -0.2) is 0 Å². The zero-order valence-electron chi connectivity index (χ0n) is 10.9. The summed E-state index contributed by atoms with van der Waals surface area (Å²) in [6, 6.07) is 6.13. The second-order valence-electron chi connectivity index (χ2n) is 4.53. The lowest BCUT2D eigenvalue weighted by atomic mass is 10.2. The lowest BCUT2D eigenvalue weighted by molar-refractivity contribution is 0.254. The highest BCUT2D eigenvalue weighted by molar-refractivity contribution is 9.10. The van der Waals surface area contributed by atoms with Crippen LogP contribution in [0.15, 0.2) is 22.7 Å². The van der Waals surface area contributed by atoms with E-state index in [2.05, 4.69) is 48.1 Å². The topological polar surface area (TPSA) is 21.3 Å². The Labute approximate surface area is 113 Å². The van der Waals surface area contributed by atoms with Gasteiger partial charge in [0.15, 0.2) is 0 Å². The Bertz CT molecular complexity index is 341. The van der Waals surface area contributed by atoms with E-state index in [4.69, 9.17) is 4.74 Å². The molecule has 96 valence electrons. The maximum Gasteiger partial charge on any atom is 0.123 e. The van der Waals surface area contributed by atoms with Crippen LogP contribution in [0.5, 0.6) is 5.75 Å². The van der Waals surface area contributed by atoms with Crippen LogP contribution in [0.2, 0.25) is 0 Å². The molecule has 1 atom stereocenters. The fourth-order valence-electron chi connectivity index (χ4n) is 1.55. The molecule has 3 heteroatoms. The van der Waals surface area contributed by atoms with Gasteiger partial charge in [-0.15, -0.1) is 0 Å². The minimum Gasteiger partial charge on any atom is -0.493 e. The molecule has 1 aromatic rings. The third kappa shape index (κ3) is 5.55. The van der Waals surface area contributed by atoms with E-state index in [0.29, 0.717) is 5.92 Å². The Balaban J connectivity index is 2.36. The number of nitrogens with one attached hydrogen (secondary N) is 1. The molecule has 2 nitrogen and oxygen atoms in total. The van der Waals surface area contributed by atoms with Gasteiger partial charge in [-0.3, -0.25) is 0 Å². The van der Waals surface area contributed by atoms with Crippen molar-refractivity contribution >= 4 is 15.9 Å². The van der Waals surface area contributed by atoms with Gasteiger partial charge in [0.2, 0.25) is 0 Å². The molecule has 0 aliphatic heterocycles. The summed E-state index contributed by atoms with van der Waals surface area (Å²) in [4.78, 5) is 0. The van der Waals surface area contributed by atoms with Crippen molar-refractivity contribution in [2.75, 3.05) is 19.7 Å². The van der Waals surface area contributed by atoms with Crippen molar-refractivity contribution in [3.8, 4) is 5.75 Å². The molecule has 0 amide bonds. The fraction of sp³-hybridized carbons (Fsp3) is 0.571. The Hall–Kier alpha value is -0.540. The molecule has 0 fully saturated rings. The van der Waals surface area contributed by atoms with Crippen molar-refractivity contribution in [1.82, 2.24) is 5.32 Å². The number of hydrogen-bond donors (Lipinski definition) is 1. The van der Waals surface area contributed by atoms with Crippen molar-refractivity contribution in [1.29, 1.82) is 0 Å². The summed E-state index contributed by atoms with van der Waals surface area (Å²) in [5.74, 6) is 1.50. The first-order chi connectivity index (χ1) is 8.13. The maximum absolute atomic E-state index is 5.84. The van der Waals surface area contributed by atoms with Crippen LogP contribution < -0.4 is 10.1 Å². The number of halogens is 1. The molecule has 0 radical (unpaired) electrons. The quantitative estimate of drug-likeness (QED) is 0.774. The highest BCUT2D eigenvalue weighted by Gasteiger charge is 2.05. The lowest BCUT2D eigenvalue weighted by Gasteiger charge is -2.15. The molecular formula is C14H22BrNO. The summed E-state index contributed by atoms with van der Waals surface area (Å²) in [7, 11) is 0. The monoisotopic (exact) mass is 299 g/mol. The normalized spacial score (nSPS) is 12.5. The smallest absolute Gasteiger partial charge is 0.123 e. The Morgan fingerprint density at radius 3 is 2.88 bits per heavy atom. The summed E-state index contributed by atoms with van der Waals surface area (Å²) >= 11 is 3.46. The van der Waals surface area contributed by atoms with E-state index in [1.165, 1.54) is 12.0 Å². The lowest BCUT2D eigenvalue weighted by Crippen LogP contribution is -2.25. The number of benzene rings is 1. The zero-order valence-corrected chi connectivity index (χ0v) is 12.5. The second kappa shape index (κ2) is 7.72. The first-order valence-electron chi connectivity index (χ1n) is 6.23. The van der Waals surface area contributed by atoms with Gasteiger partial charge in [-0.1, -0.05) is 35.8 Å². The summed E-state index contributed by atoms with van der Waals surface area (Å²) in [5, 5.41) is 3.41. The molecule has 0 saturated heterocycles. The summed E-state index contributed by atoms with van der Waals surface area (Å²) in [6.07, 6.45) is 1.18. The highest BCUT2D eigenvalue weighted by Crippen LogP contribution is 2.23. The predicted octanol–water partition coefficient (Wildman–Crippen LogP) is 3.77. The largest absolute Gasteiger partial charge is 0.493 e. The van der Waals surface area contributed by atoms with Crippen LogP contribution >= 0.6 is 15.9 Å². The molecule has 0 spiro atoms. The molecule has 0 aliphatic carbocycles. The number of rotatable bonds is 7. The van der Waals surface area contributed by atoms with Gasteiger partial charge in [0, 0.05) is 16.9 Å². The van der Waals surface area contributed by atoms with Crippen LogP contribution in [0.1, 0.15) is 25.8 Å². The van der Waals surface area contributed by atoms with Crippen molar-refractivity contribution in [2.24, 2.45) is 5.92 Å². The Morgan fingerprint density at radius 2 is 2.18 bits per heavy atom. The summed E-state index contributed by atoms with van der Waals surface area (Å²) in [6.45, 7) is 9.31. The van der Waals surface area contributed by atoms with Gasteiger partial charge in [-0.2, -0.15) is 0 Å². The average molecular weight is 300 g/mol. The van der Waals surface area contributed by atoms with Crippen molar-refractivity contribution in [3.05, 3.63) is 28.2 Å². The van der Waals surface area contributed by atoms with Gasteiger partial charge in [0.1, 0.15) is 5.75 Å². The van der Waals surface area contributed by atoms with E-state index < -0.39 is 0 Å². The van der Waals surface area contributed by atoms with Crippen molar-refractivity contribution in [2.45, 2.75) is 27.2 Å². The van der Waals surface area contributed by atoms with Gasteiger partial charge in [0.25, 0.3) is 0 Å². The maximum atomic E-state index is 5.84. The van der Waals surface area contributed by atoms with Crippen LogP contribution in [0, 0.1) is 12.8 Å². The molecule has 0 heterocycles. The predicted molar refractivity (Wildman–Crippen MR) is 76.7 cm³/mol. The molecule has 1 unspecified atom stereocenters. The Morgan fingerprint density at radius 1 is 1.41 bits per heavy atom. The van der Waals surface area contributed by atoms with E-state index in [9.17, 15) is 0 Å². The molecule has 0 saturated carbocycles. The minimum atomic E-state index is 0.528. The number of hydrogen-bond acceptors (Lipinski definition) is 2. The molecule has 1 aromatic carbocycles. The van der Waals surface area contributed by atoms with Crippen molar-refractivity contribution in [3.63, 3.8) is 0 Å². The molecule has 0 aromatic heterocycles. The van der Waals surface area contributed by atoms with E-state index in [1.54, 1.807) is 0 Å². The van der Waals surface area contributed by atoms with Crippen LogP contribution in [0.3, 0.4) is 0 Å². The minimum absolute atomic E-state index is 0.528. The molecule has 0 bridgehead atoms. The summed E-state index contributed by atoms with van der Waals surface area (Å²) in [5.41, 5.74) is 1.18. The van der Waals surface area contributed by atoms with Crippen LogP contribution in [-0.4, -0.2) is 19.7 Å². The van der Waals surface area contributed by atoms with Crippen LogP contribution in [0.25, 0.3) is 0 Å². The standard InChI is InChI=1S/C14H22BrNO/c1-4-7-16-9-11(2)10-17-14-8-13(15)6-5-12(14)3/h5-6,8,11,16H,4,7,9-10H2,1-3H3. The van der Waals surface area contributed by atoms with E-state index in [1.807, 2.05) is 12.1 Å². The van der Waals surface area contributed by atoms with Gasteiger partial charge in [0.05, 0.1) is 6.61 Å². The molecule has 1 N–H and O–H groups in total. The van der Waals surface area contributed by atoms with Gasteiger partial charge in [-0.05, 0) is 37.6 Å². The molecule has 17 heavy (non-hydrogen) atoms. The fourth-order valence-corrected chi connectivity index (χ4v) is 1.89. The van der Waals surface area contributed by atoms with Crippen LogP contribution in [-0.2, 0) is 0 Å². The van der Waals surface area contributed by atoms with Crippen LogP contribution in [0.4, 0.5) is 0 Å². The molecule has 0 aliphatic rings. The van der Waals surface area contributed by atoms with Gasteiger partial charge >= 0.3 is 0 Å². The number of ether oxygens (including phenoxy) is 1. The first-order valence-corrected chi connectivity index (χ1v) is 7.02. The number of aryl methyl sites for hydroxylation is 1. The second-order valence-corrected chi connectivity index (χ2v) is 5.45. The first kappa shape index (κ1) is 14.5. The third-order valence-electron chi connectivity index (χ3n) is 2.59. The van der Waals surface area contributed by atoms with Crippen molar-refractivity contribution < 1.29 is 4.74 Å². The zero-order chi connectivity index (χ0) is 12.7.